The number of nitrogens with one attached hydrogen (secondary N) is 1. The quantitative estimate of drug-likeness (QED) is 0.540. The fraction of sp³-hybridized carbons (Fsp3) is 0.318. The summed E-state index contributed by atoms with van der Waals surface area (Å²) in [5.74, 6) is 1.41. The molecule has 136 valence electrons. The largest absolute Gasteiger partial charge is 0.373 e. The molecular weight excluding hydrogens is 386 g/mol. The first-order valence-electron chi connectivity index (χ1n) is 9.06. The molecule has 26 heavy (non-hydrogen) atoms. The van der Waals surface area contributed by atoms with Crippen LogP contribution in [-0.2, 0) is 0 Å². The van der Waals surface area contributed by atoms with Crippen molar-refractivity contribution in [1.82, 2.24) is 4.98 Å². The predicted molar refractivity (Wildman–Crippen MR) is 116 cm³/mol. The smallest absolute Gasteiger partial charge is 0.130 e. The van der Waals surface area contributed by atoms with E-state index in [0.29, 0.717) is 5.92 Å². The molecule has 0 aliphatic carbocycles. The molecule has 3 nitrogen and oxygen atoms in total. The van der Waals surface area contributed by atoms with Crippen LogP contribution in [-0.4, -0.2) is 25.1 Å². The van der Waals surface area contributed by atoms with E-state index < -0.39 is 0 Å². The number of halogens is 1. The van der Waals surface area contributed by atoms with Gasteiger partial charge in [-0.15, -0.1) is 0 Å². The van der Waals surface area contributed by atoms with Crippen molar-refractivity contribution >= 4 is 38.3 Å². The average molecular weight is 412 g/mol. The standard InChI is InChI=1S/C22H26BrN3/c1-15(2)20-14-17-13-18(23)8-9-21(17)25-22(20)24-10-11-26(4)19-7-5-6-16(3)12-19/h5-9,12-15H,10-11H2,1-4H3,(H,24,25). The lowest BCUT2D eigenvalue weighted by Gasteiger charge is -2.21. The molecule has 0 amide bonds. The SMILES string of the molecule is Cc1cccc(N(C)CCNc2nc3ccc(Br)cc3cc2C(C)C)c1. The van der Waals surface area contributed by atoms with Crippen molar-refractivity contribution in [2.24, 2.45) is 0 Å². The predicted octanol–water partition coefficient (Wildman–Crippen LogP) is 5.98. The van der Waals surface area contributed by atoms with Crippen LogP contribution < -0.4 is 10.2 Å². The van der Waals surface area contributed by atoms with Crippen molar-refractivity contribution in [1.29, 1.82) is 0 Å². The second kappa shape index (κ2) is 8.09. The maximum Gasteiger partial charge on any atom is 0.130 e. The summed E-state index contributed by atoms with van der Waals surface area (Å²) in [6.07, 6.45) is 0. The number of aromatic nitrogens is 1. The van der Waals surface area contributed by atoms with E-state index in [9.17, 15) is 0 Å². The molecule has 0 aliphatic heterocycles. The van der Waals surface area contributed by atoms with E-state index in [1.807, 2.05) is 6.07 Å². The summed E-state index contributed by atoms with van der Waals surface area (Å²) in [7, 11) is 2.13. The first-order valence-corrected chi connectivity index (χ1v) is 9.85. The fourth-order valence-electron chi connectivity index (χ4n) is 3.08. The highest BCUT2D eigenvalue weighted by molar-refractivity contribution is 9.10. The van der Waals surface area contributed by atoms with E-state index in [-0.39, 0.29) is 0 Å². The van der Waals surface area contributed by atoms with Gasteiger partial charge in [0.2, 0.25) is 0 Å². The van der Waals surface area contributed by atoms with Gasteiger partial charge in [0.15, 0.2) is 0 Å². The summed E-state index contributed by atoms with van der Waals surface area (Å²) in [5.41, 5.74) is 4.81. The molecule has 3 aromatic rings. The van der Waals surface area contributed by atoms with Gasteiger partial charge in [0, 0.05) is 35.7 Å². The Bertz CT molecular complexity index is 905. The number of aryl methyl sites for hydroxylation is 1. The van der Waals surface area contributed by atoms with Gasteiger partial charge in [0.05, 0.1) is 5.52 Å². The normalized spacial score (nSPS) is 11.2. The number of likely N-dealkylation sites (N-methyl/N-ethyl adjacent to an activating group) is 1. The number of hydrogen-bond donors (Lipinski definition) is 1. The Hall–Kier alpha value is -2.07. The molecular formula is C22H26BrN3. The van der Waals surface area contributed by atoms with Crippen LogP contribution in [0.2, 0.25) is 0 Å². The van der Waals surface area contributed by atoms with Crippen LogP contribution in [0.25, 0.3) is 10.9 Å². The molecule has 1 heterocycles. The van der Waals surface area contributed by atoms with Gasteiger partial charge >= 0.3 is 0 Å². The minimum atomic E-state index is 0.419. The molecule has 0 unspecified atom stereocenters. The van der Waals surface area contributed by atoms with Crippen LogP contribution in [0, 0.1) is 6.92 Å². The molecule has 0 radical (unpaired) electrons. The first-order chi connectivity index (χ1) is 12.4. The fourth-order valence-corrected chi connectivity index (χ4v) is 3.46. The molecule has 1 aromatic heterocycles. The zero-order valence-corrected chi connectivity index (χ0v) is 17.5. The minimum Gasteiger partial charge on any atom is -0.373 e. The highest BCUT2D eigenvalue weighted by atomic mass is 79.9. The van der Waals surface area contributed by atoms with Crippen LogP contribution in [0.15, 0.2) is 53.0 Å². The Morgan fingerprint density at radius 3 is 2.65 bits per heavy atom. The second-order valence-electron chi connectivity index (χ2n) is 7.11. The summed E-state index contributed by atoms with van der Waals surface area (Å²) >= 11 is 3.55. The molecule has 0 saturated heterocycles. The maximum absolute atomic E-state index is 4.87. The lowest BCUT2D eigenvalue weighted by molar-refractivity contribution is 0.853. The number of anilines is 2. The number of nitrogens with zero attached hydrogens (tertiary/aromatic N) is 2. The molecule has 1 N–H and O–H groups in total. The van der Waals surface area contributed by atoms with Crippen molar-refractivity contribution < 1.29 is 0 Å². The van der Waals surface area contributed by atoms with Crippen molar-refractivity contribution in [3.8, 4) is 0 Å². The summed E-state index contributed by atoms with van der Waals surface area (Å²) < 4.78 is 1.09. The zero-order valence-electron chi connectivity index (χ0n) is 15.9. The molecule has 0 fully saturated rings. The molecule has 0 bridgehead atoms. The van der Waals surface area contributed by atoms with Gasteiger partial charge in [-0.3, -0.25) is 0 Å². The third-order valence-electron chi connectivity index (χ3n) is 4.61. The molecule has 3 rings (SSSR count). The van der Waals surface area contributed by atoms with Gasteiger partial charge in [-0.05, 0) is 60.4 Å². The van der Waals surface area contributed by atoms with Crippen LogP contribution >= 0.6 is 15.9 Å². The van der Waals surface area contributed by atoms with Gasteiger partial charge < -0.3 is 10.2 Å². The van der Waals surface area contributed by atoms with Gasteiger partial charge in [-0.2, -0.15) is 0 Å². The monoisotopic (exact) mass is 411 g/mol. The summed E-state index contributed by atoms with van der Waals surface area (Å²) in [6, 6.07) is 17.1. The number of benzene rings is 2. The molecule has 0 atom stereocenters. The van der Waals surface area contributed by atoms with Crippen LogP contribution in [0.1, 0.15) is 30.9 Å². The molecule has 0 saturated carbocycles. The number of fused-ring (bicyclic) bond motifs is 1. The van der Waals surface area contributed by atoms with Gasteiger partial charge in [-0.25, -0.2) is 4.98 Å². The van der Waals surface area contributed by atoms with Crippen LogP contribution in [0.4, 0.5) is 11.5 Å². The summed E-state index contributed by atoms with van der Waals surface area (Å²) in [4.78, 5) is 7.14. The van der Waals surface area contributed by atoms with E-state index in [0.717, 1.165) is 28.9 Å². The molecule has 4 heteroatoms. The zero-order chi connectivity index (χ0) is 18.7. The third-order valence-corrected chi connectivity index (χ3v) is 5.10. The summed E-state index contributed by atoms with van der Waals surface area (Å²) in [6.45, 7) is 8.32. The van der Waals surface area contributed by atoms with Crippen LogP contribution in [0.5, 0.6) is 0 Å². The van der Waals surface area contributed by atoms with Gasteiger partial charge in [0.1, 0.15) is 5.82 Å². The Morgan fingerprint density at radius 2 is 1.92 bits per heavy atom. The Labute approximate surface area is 164 Å². The highest BCUT2D eigenvalue weighted by Gasteiger charge is 2.11. The average Bonchev–Trinajstić information content (AvgIpc) is 2.61. The van der Waals surface area contributed by atoms with Crippen molar-refractivity contribution in [2.75, 3.05) is 30.4 Å². The van der Waals surface area contributed by atoms with E-state index >= 15 is 0 Å². The van der Waals surface area contributed by atoms with E-state index in [1.165, 1.54) is 22.2 Å². The van der Waals surface area contributed by atoms with Gasteiger partial charge in [0.25, 0.3) is 0 Å². The third kappa shape index (κ3) is 4.36. The minimum absolute atomic E-state index is 0.419. The lowest BCUT2D eigenvalue weighted by Crippen LogP contribution is -2.25. The first kappa shape index (κ1) is 18.7. The topological polar surface area (TPSA) is 28.2 Å². The Balaban J connectivity index is 1.75. The number of hydrogen-bond acceptors (Lipinski definition) is 3. The van der Waals surface area contributed by atoms with Crippen molar-refractivity contribution in [3.05, 3.63) is 64.1 Å². The van der Waals surface area contributed by atoms with E-state index in [4.69, 9.17) is 4.98 Å². The molecule has 0 aliphatic rings. The van der Waals surface area contributed by atoms with Crippen molar-refractivity contribution in [2.45, 2.75) is 26.7 Å². The number of pyridine rings is 1. The maximum atomic E-state index is 4.87. The Kier molecular flexibility index (Phi) is 5.82. The van der Waals surface area contributed by atoms with Gasteiger partial charge in [-0.1, -0.05) is 41.9 Å². The molecule has 2 aromatic carbocycles. The summed E-state index contributed by atoms with van der Waals surface area (Å²) in [5, 5.41) is 4.72. The Morgan fingerprint density at radius 1 is 1.12 bits per heavy atom. The van der Waals surface area contributed by atoms with E-state index in [1.54, 1.807) is 0 Å². The lowest BCUT2D eigenvalue weighted by atomic mass is 10.0. The highest BCUT2D eigenvalue weighted by Crippen LogP contribution is 2.28. The van der Waals surface area contributed by atoms with Crippen LogP contribution in [0.3, 0.4) is 0 Å². The number of rotatable bonds is 6. The molecule has 0 spiro atoms. The second-order valence-corrected chi connectivity index (χ2v) is 8.02. The van der Waals surface area contributed by atoms with Crippen molar-refractivity contribution in [3.63, 3.8) is 0 Å². The van der Waals surface area contributed by atoms with E-state index in [2.05, 4.69) is 96.4 Å².